The van der Waals surface area contributed by atoms with Crippen LogP contribution in [0.25, 0.3) is 0 Å². The second kappa shape index (κ2) is 9.69. The van der Waals surface area contributed by atoms with Crippen molar-refractivity contribution in [1.82, 2.24) is 0 Å². The van der Waals surface area contributed by atoms with Gasteiger partial charge in [-0.3, -0.25) is 9.52 Å². The van der Waals surface area contributed by atoms with Gasteiger partial charge < -0.3 is 10.1 Å². The van der Waals surface area contributed by atoms with Crippen LogP contribution in [0, 0.1) is 6.92 Å². The molecular weight excluding hydrogens is 420 g/mol. The molecular formula is C22H22N2O4S2. The molecule has 0 atom stereocenters. The highest BCUT2D eigenvalue weighted by molar-refractivity contribution is 8.00. The molecule has 0 aromatic heterocycles. The average Bonchev–Trinajstić information content (AvgIpc) is 2.74. The van der Waals surface area contributed by atoms with Gasteiger partial charge in [-0.25, -0.2) is 8.42 Å². The molecule has 8 heteroatoms. The van der Waals surface area contributed by atoms with Gasteiger partial charge in [-0.05, 0) is 55.5 Å². The Morgan fingerprint density at radius 1 is 0.967 bits per heavy atom. The molecule has 0 aliphatic rings. The minimum atomic E-state index is -3.79. The first-order valence-electron chi connectivity index (χ1n) is 9.12. The second-order valence-corrected chi connectivity index (χ2v) is 9.21. The first-order chi connectivity index (χ1) is 14.4. The summed E-state index contributed by atoms with van der Waals surface area (Å²) in [4.78, 5) is 13.3. The Bertz CT molecular complexity index is 1110. The third-order valence-electron chi connectivity index (χ3n) is 4.19. The van der Waals surface area contributed by atoms with Gasteiger partial charge in [-0.1, -0.05) is 29.8 Å². The highest BCUT2D eigenvalue weighted by atomic mass is 32.2. The highest BCUT2D eigenvalue weighted by Gasteiger charge is 2.16. The Kier molecular flexibility index (Phi) is 7.02. The molecule has 0 saturated heterocycles. The molecule has 3 rings (SSSR count). The number of thioether (sulfide) groups is 1. The van der Waals surface area contributed by atoms with Crippen LogP contribution < -0.4 is 14.8 Å². The summed E-state index contributed by atoms with van der Waals surface area (Å²) in [6.07, 6.45) is 0. The number of anilines is 2. The molecule has 3 aromatic carbocycles. The van der Waals surface area contributed by atoms with Crippen LogP contribution in [0.4, 0.5) is 11.4 Å². The molecule has 0 unspecified atom stereocenters. The number of methoxy groups -OCH3 is 1. The van der Waals surface area contributed by atoms with E-state index in [4.69, 9.17) is 4.74 Å². The van der Waals surface area contributed by atoms with E-state index in [0.29, 0.717) is 17.1 Å². The average molecular weight is 443 g/mol. The van der Waals surface area contributed by atoms with Crippen molar-refractivity contribution in [2.75, 3.05) is 22.9 Å². The zero-order chi connectivity index (χ0) is 21.6. The van der Waals surface area contributed by atoms with E-state index >= 15 is 0 Å². The van der Waals surface area contributed by atoms with Crippen LogP contribution in [0.3, 0.4) is 0 Å². The maximum Gasteiger partial charge on any atom is 0.262 e. The quantitative estimate of drug-likeness (QED) is 0.501. The molecule has 0 heterocycles. The third kappa shape index (κ3) is 5.77. The van der Waals surface area contributed by atoms with Gasteiger partial charge in [0, 0.05) is 10.6 Å². The van der Waals surface area contributed by atoms with Gasteiger partial charge in [0.05, 0.1) is 23.4 Å². The lowest BCUT2D eigenvalue weighted by molar-refractivity contribution is -0.113. The summed E-state index contributed by atoms with van der Waals surface area (Å²) in [5.41, 5.74) is 2.05. The van der Waals surface area contributed by atoms with Crippen LogP contribution in [0.5, 0.6) is 5.75 Å². The van der Waals surface area contributed by atoms with E-state index < -0.39 is 10.0 Å². The Balaban J connectivity index is 1.61. The molecule has 0 saturated carbocycles. The minimum absolute atomic E-state index is 0.0837. The van der Waals surface area contributed by atoms with Crippen molar-refractivity contribution in [3.63, 3.8) is 0 Å². The number of para-hydroxylation sites is 2. The molecule has 2 N–H and O–H groups in total. The molecule has 0 radical (unpaired) electrons. The summed E-state index contributed by atoms with van der Waals surface area (Å²) in [7, 11) is -2.31. The fraction of sp³-hybridized carbons (Fsp3) is 0.136. The van der Waals surface area contributed by atoms with E-state index in [9.17, 15) is 13.2 Å². The van der Waals surface area contributed by atoms with E-state index in [-0.39, 0.29) is 16.6 Å². The molecule has 3 aromatic rings. The Morgan fingerprint density at radius 2 is 1.63 bits per heavy atom. The monoisotopic (exact) mass is 442 g/mol. The summed E-state index contributed by atoms with van der Waals surface area (Å²) >= 11 is 1.44. The predicted molar refractivity (Wildman–Crippen MR) is 121 cm³/mol. The van der Waals surface area contributed by atoms with Crippen LogP contribution >= 0.6 is 11.8 Å². The highest BCUT2D eigenvalue weighted by Crippen LogP contribution is 2.26. The molecule has 0 bridgehead atoms. The first kappa shape index (κ1) is 21.7. The van der Waals surface area contributed by atoms with Crippen molar-refractivity contribution >= 4 is 39.1 Å². The number of hydrogen-bond acceptors (Lipinski definition) is 5. The van der Waals surface area contributed by atoms with E-state index in [0.717, 1.165) is 4.90 Å². The van der Waals surface area contributed by atoms with E-state index in [2.05, 4.69) is 10.0 Å². The number of carbonyl (C=O) groups is 1. The molecule has 1 amide bonds. The van der Waals surface area contributed by atoms with Crippen molar-refractivity contribution in [1.29, 1.82) is 0 Å². The predicted octanol–water partition coefficient (Wildman–Crippen LogP) is 4.54. The Hall–Kier alpha value is -2.97. The van der Waals surface area contributed by atoms with Gasteiger partial charge in [-0.2, -0.15) is 0 Å². The van der Waals surface area contributed by atoms with Crippen LogP contribution in [0.1, 0.15) is 5.56 Å². The summed E-state index contributed by atoms with van der Waals surface area (Å²) in [6.45, 7) is 2.01. The molecule has 0 aliphatic heterocycles. The lowest BCUT2D eigenvalue weighted by Crippen LogP contribution is -2.15. The van der Waals surface area contributed by atoms with E-state index in [1.165, 1.54) is 36.6 Å². The standard InChI is InChI=1S/C22H22N2O4S2/c1-16-7-11-18(12-8-16)29-15-22(25)23-17-9-13-19(14-10-17)30(26,27)24-20-5-3-4-6-21(20)28-2/h3-14,24H,15H2,1-2H3,(H,23,25). The maximum atomic E-state index is 12.6. The van der Waals surface area contributed by atoms with E-state index in [1.807, 2.05) is 31.2 Å². The molecule has 156 valence electrons. The molecule has 0 spiro atoms. The van der Waals surface area contributed by atoms with Crippen LogP contribution in [-0.4, -0.2) is 27.2 Å². The second-order valence-electron chi connectivity index (χ2n) is 6.48. The number of benzene rings is 3. The van der Waals surface area contributed by atoms with Gasteiger partial charge in [0.1, 0.15) is 5.75 Å². The minimum Gasteiger partial charge on any atom is -0.495 e. The number of amides is 1. The lowest BCUT2D eigenvalue weighted by atomic mass is 10.2. The number of ether oxygens (including phenoxy) is 1. The Labute approximate surface area is 180 Å². The molecule has 30 heavy (non-hydrogen) atoms. The zero-order valence-electron chi connectivity index (χ0n) is 16.6. The van der Waals surface area contributed by atoms with Gasteiger partial charge in [0.25, 0.3) is 10.0 Å². The van der Waals surface area contributed by atoms with Crippen molar-refractivity contribution in [3.8, 4) is 5.75 Å². The molecule has 6 nitrogen and oxygen atoms in total. The van der Waals surface area contributed by atoms with Crippen molar-refractivity contribution in [3.05, 3.63) is 78.4 Å². The number of sulfonamides is 1. The van der Waals surface area contributed by atoms with Crippen molar-refractivity contribution < 1.29 is 17.9 Å². The topological polar surface area (TPSA) is 84.5 Å². The first-order valence-corrected chi connectivity index (χ1v) is 11.6. The van der Waals surface area contributed by atoms with Crippen LogP contribution in [-0.2, 0) is 14.8 Å². The van der Waals surface area contributed by atoms with Gasteiger partial charge in [0.2, 0.25) is 5.91 Å². The van der Waals surface area contributed by atoms with Crippen molar-refractivity contribution in [2.24, 2.45) is 0 Å². The van der Waals surface area contributed by atoms with Crippen LogP contribution in [0.15, 0.2) is 82.6 Å². The number of rotatable bonds is 8. The van der Waals surface area contributed by atoms with Gasteiger partial charge >= 0.3 is 0 Å². The number of aryl methyl sites for hydroxylation is 1. The zero-order valence-corrected chi connectivity index (χ0v) is 18.2. The smallest absolute Gasteiger partial charge is 0.262 e. The maximum absolute atomic E-state index is 12.6. The van der Waals surface area contributed by atoms with Crippen molar-refractivity contribution in [2.45, 2.75) is 16.7 Å². The molecule has 0 fully saturated rings. The molecule has 0 aliphatic carbocycles. The Morgan fingerprint density at radius 3 is 2.30 bits per heavy atom. The van der Waals surface area contributed by atoms with E-state index in [1.54, 1.807) is 36.4 Å². The fourth-order valence-corrected chi connectivity index (χ4v) is 4.40. The fourth-order valence-electron chi connectivity index (χ4n) is 2.63. The number of hydrogen-bond donors (Lipinski definition) is 2. The number of carbonyl (C=O) groups excluding carboxylic acids is 1. The van der Waals surface area contributed by atoms with Crippen LogP contribution in [0.2, 0.25) is 0 Å². The largest absolute Gasteiger partial charge is 0.495 e. The summed E-state index contributed by atoms with van der Waals surface area (Å²) in [5, 5.41) is 2.78. The number of nitrogens with one attached hydrogen (secondary N) is 2. The van der Waals surface area contributed by atoms with Gasteiger partial charge in [0.15, 0.2) is 0 Å². The third-order valence-corrected chi connectivity index (χ3v) is 6.58. The summed E-state index contributed by atoms with van der Waals surface area (Å²) in [6, 6.07) is 20.7. The summed E-state index contributed by atoms with van der Waals surface area (Å²) in [5.74, 6) is 0.526. The van der Waals surface area contributed by atoms with Gasteiger partial charge in [-0.15, -0.1) is 11.8 Å². The normalized spacial score (nSPS) is 11.0. The SMILES string of the molecule is COc1ccccc1NS(=O)(=O)c1ccc(NC(=O)CSc2ccc(C)cc2)cc1. The lowest BCUT2D eigenvalue weighted by Gasteiger charge is -2.12. The summed E-state index contributed by atoms with van der Waals surface area (Å²) < 4.78 is 32.9.